The summed E-state index contributed by atoms with van der Waals surface area (Å²) in [7, 11) is 0. The number of benzene rings is 2. The predicted molar refractivity (Wildman–Crippen MR) is 111 cm³/mol. The minimum atomic E-state index is -0.137. The Labute approximate surface area is 164 Å². The number of hydrogen-bond donors (Lipinski definition) is 2. The fourth-order valence-corrected chi connectivity index (χ4v) is 5.42. The minimum Gasteiger partial charge on any atom is -0.377 e. The number of nitrogens with zero attached hydrogens (tertiary/aromatic N) is 1. The van der Waals surface area contributed by atoms with Crippen LogP contribution in [-0.2, 0) is 10.2 Å². The Bertz CT molecular complexity index is 1070. The molecule has 0 spiro atoms. The Hall–Kier alpha value is -2.04. The van der Waals surface area contributed by atoms with Gasteiger partial charge in [-0.3, -0.25) is 0 Å². The van der Waals surface area contributed by atoms with Crippen molar-refractivity contribution in [3.05, 3.63) is 46.7 Å². The summed E-state index contributed by atoms with van der Waals surface area (Å²) in [5.41, 5.74) is 7.51. The van der Waals surface area contributed by atoms with Crippen molar-refractivity contribution in [1.82, 2.24) is 9.97 Å². The fraction of sp³-hybridized carbons (Fsp3) is 0.409. The van der Waals surface area contributed by atoms with E-state index in [9.17, 15) is 0 Å². The van der Waals surface area contributed by atoms with Gasteiger partial charge < -0.3 is 15.0 Å². The first-order chi connectivity index (χ1) is 12.8. The molecule has 27 heavy (non-hydrogen) atoms. The van der Waals surface area contributed by atoms with E-state index >= 15 is 0 Å². The van der Waals surface area contributed by atoms with Crippen LogP contribution in [0.1, 0.15) is 38.3 Å². The van der Waals surface area contributed by atoms with Crippen molar-refractivity contribution in [3.8, 4) is 11.1 Å². The average Bonchev–Trinajstić information content (AvgIpc) is 3.20. The highest BCUT2D eigenvalue weighted by Gasteiger charge is 2.53. The van der Waals surface area contributed by atoms with Gasteiger partial charge in [0.2, 0.25) is 0 Å². The van der Waals surface area contributed by atoms with Crippen LogP contribution < -0.4 is 5.32 Å². The predicted octanol–water partition coefficient (Wildman–Crippen LogP) is 5.44. The number of aromatic amines is 1. The Morgan fingerprint density at radius 3 is 2.78 bits per heavy atom. The monoisotopic (exact) mass is 381 g/mol. The average molecular weight is 382 g/mol. The first kappa shape index (κ1) is 17.1. The third kappa shape index (κ3) is 2.36. The molecule has 2 aromatic carbocycles. The molecule has 2 aliphatic rings. The number of ether oxygens (including phenoxy) is 1. The number of aryl methyl sites for hydroxylation is 1. The van der Waals surface area contributed by atoms with E-state index in [-0.39, 0.29) is 17.1 Å². The van der Waals surface area contributed by atoms with Gasteiger partial charge in [0.15, 0.2) is 0 Å². The van der Waals surface area contributed by atoms with E-state index in [2.05, 4.69) is 67.2 Å². The smallest absolute Gasteiger partial charge is 0.0961 e. The van der Waals surface area contributed by atoms with Crippen LogP contribution in [0.3, 0.4) is 0 Å². The van der Waals surface area contributed by atoms with E-state index in [1.807, 2.05) is 0 Å². The summed E-state index contributed by atoms with van der Waals surface area (Å²) in [4.78, 5) is 7.76. The summed E-state index contributed by atoms with van der Waals surface area (Å²) < 4.78 is 6.17. The molecule has 5 heteroatoms. The first-order valence-electron chi connectivity index (χ1n) is 9.47. The quantitative estimate of drug-likeness (QED) is 0.589. The maximum atomic E-state index is 6.79. The second-order valence-corrected chi connectivity index (χ2v) is 9.16. The van der Waals surface area contributed by atoms with Gasteiger partial charge in [-0.05, 0) is 62.6 Å². The highest BCUT2D eigenvalue weighted by atomic mass is 35.5. The largest absolute Gasteiger partial charge is 0.377 e. The molecule has 1 fully saturated rings. The Balaban J connectivity index is 1.77. The van der Waals surface area contributed by atoms with Crippen molar-refractivity contribution in [3.63, 3.8) is 0 Å². The SMILES string of the molecule is Cc1cc(-c2cc3c(cc2Cl)NC(C)(C)C2OCCC32C)c2nc[nH]c2c1. The maximum Gasteiger partial charge on any atom is 0.0961 e. The van der Waals surface area contributed by atoms with Gasteiger partial charge in [0.25, 0.3) is 0 Å². The van der Waals surface area contributed by atoms with E-state index in [1.165, 1.54) is 11.1 Å². The summed E-state index contributed by atoms with van der Waals surface area (Å²) in [5, 5.41) is 4.41. The summed E-state index contributed by atoms with van der Waals surface area (Å²) in [6.45, 7) is 9.63. The van der Waals surface area contributed by atoms with Crippen LogP contribution in [0.25, 0.3) is 22.2 Å². The van der Waals surface area contributed by atoms with Crippen LogP contribution in [0, 0.1) is 6.92 Å². The normalized spacial score (nSPS) is 25.9. The molecule has 2 aliphatic heterocycles. The molecule has 2 atom stereocenters. The van der Waals surface area contributed by atoms with Crippen LogP contribution in [0.5, 0.6) is 0 Å². The van der Waals surface area contributed by atoms with Gasteiger partial charge in [-0.2, -0.15) is 0 Å². The molecular formula is C22H24ClN3O. The van der Waals surface area contributed by atoms with E-state index in [1.54, 1.807) is 6.33 Å². The van der Waals surface area contributed by atoms with Gasteiger partial charge in [0.05, 0.1) is 34.0 Å². The fourth-order valence-electron chi connectivity index (χ4n) is 5.15. The topological polar surface area (TPSA) is 49.9 Å². The number of H-pyrrole nitrogens is 1. The van der Waals surface area contributed by atoms with Gasteiger partial charge in [-0.1, -0.05) is 18.5 Å². The standard InChI is InChI=1S/C22H24ClN3O/c1-12-7-14(19-18(8-12)24-11-25-19)13-9-15-17(10-16(13)23)26-21(2,3)20-22(15,4)5-6-27-20/h7-11,20,26H,5-6H2,1-4H3,(H,24,25). The number of halogens is 1. The minimum absolute atomic E-state index is 0.0298. The van der Waals surface area contributed by atoms with Crippen LogP contribution in [0.15, 0.2) is 30.6 Å². The molecule has 5 rings (SSSR count). The van der Waals surface area contributed by atoms with Crippen molar-refractivity contribution < 1.29 is 4.74 Å². The van der Waals surface area contributed by atoms with E-state index in [0.29, 0.717) is 0 Å². The molecule has 3 heterocycles. The molecular weight excluding hydrogens is 358 g/mol. The molecule has 140 valence electrons. The zero-order chi connectivity index (χ0) is 19.0. The van der Waals surface area contributed by atoms with Crippen LogP contribution in [0.2, 0.25) is 5.02 Å². The zero-order valence-corrected chi connectivity index (χ0v) is 16.9. The van der Waals surface area contributed by atoms with E-state index in [0.717, 1.165) is 45.9 Å². The number of nitrogens with one attached hydrogen (secondary N) is 2. The lowest BCUT2D eigenvalue weighted by molar-refractivity contribution is 0.0353. The van der Waals surface area contributed by atoms with Crippen molar-refractivity contribution in [1.29, 1.82) is 0 Å². The summed E-state index contributed by atoms with van der Waals surface area (Å²) in [6.07, 6.45) is 2.89. The van der Waals surface area contributed by atoms with Gasteiger partial charge in [-0.25, -0.2) is 4.98 Å². The third-order valence-electron chi connectivity index (χ3n) is 6.28. The summed E-state index contributed by atoms with van der Waals surface area (Å²) >= 11 is 6.79. The number of aromatic nitrogens is 2. The first-order valence-corrected chi connectivity index (χ1v) is 9.85. The van der Waals surface area contributed by atoms with Crippen molar-refractivity contribution >= 4 is 28.3 Å². The van der Waals surface area contributed by atoms with Crippen LogP contribution >= 0.6 is 11.6 Å². The lowest BCUT2D eigenvalue weighted by atomic mass is 9.66. The lowest BCUT2D eigenvalue weighted by Crippen LogP contribution is -2.56. The second-order valence-electron chi connectivity index (χ2n) is 8.75. The number of anilines is 1. The van der Waals surface area contributed by atoms with Crippen molar-refractivity contribution in [2.75, 3.05) is 11.9 Å². The summed E-state index contributed by atoms with van der Waals surface area (Å²) in [6, 6.07) is 8.62. The molecule has 3 aromatic rings. The Morgan fingerprint density at radius 2 is 1.96 bits per heavy atom. The molecule has 0 radical (unpaired) electrons. The van der Waals surface area contributed by atoms with Crippen molar-refractivity contribution in [2.24, 2.45) is 0 Å². The van der Waals surface area contributed by atoms with Gasteiger partial charge >= 0.3 is 0 Å². The van der Waals surface area contributed by atoms with Gasteiger partial charge in [-0.15, -0.1) is 0 Å². The highest BCUT2D eigenvalue weighted by molar-refractivity contribution is 6.34. The molecule has 0 saturated carbocycles. The molecule has 2 unspecified atom stereocenters. The molecule has 4 nitrogen and oxygen atoms in total. The third-order valence-corrected chi connectivity index (χ3v) is 6.59. The molecule has 0 amide bonds. The lowest BCUT2D eigenvalue weighted by Gasteiger charge is -2.48. The number of rotatable bonds is 1. The van der Waals surface area contributed by atoms with Crippen molar-refractivity contribution in [2.45, 2.75) is 51.2 Å². The molecule has 2 N–H and O–H groups in total. The number of fused-ring (bicyclic) bond motifs is 4. The molecule has 1 saturated heterocycles. The number of hydrogen-bond acceptors (Lipinski definition) is 3. The van der Waals surface area contributed by atoms with E-state index < -0.39 is 0 Å². The summed E-state index contributed by atoms with van der Waals surface area (Å²) in [5.74, 6) is 0. The maximum absolute atomic E-state index is 6.79. The molecule has 1 aromatic heterocycles. The van der Waals surface area contributed by atoms with Crippen LogP contribution in [0.4, 0.5) is 5.69 Å². The van der Waals surface area contributed by atoms with Gasteiger partial charge in [0, 0.05) is 28.8 Å². The second kappa shape index (κ2) is 5.49. The highest BCUT2D eigenvalue weighted by Crippen LogP contribution is 2.52. The van der Waals surface area contributed by atoms with Gasteiger partial charge in [0.1, 0.15) is 0 Å². The molecule has 0 aliphatic carbocycles. The number of imidazole rings is 1. The van der Waals surface area contributed by atoms with E-state index in [4.69, 9.17) is 16.3 Å². The van der Waals surface area contributed by atoms with Crippen LogP contribution in [-0.4, -0.2) is 28.2 Å². The zero-order valence-electron chi connectivity index (χ0n) is 16.1. The Kier molecular flexibility index (Phi) is 3.47. The molecule has 0 bridgehead atoms. The Morgan fingerprint density at radius 1 is 1.15 bits per heavy atom.